The topological polar surface area (TPSA) is 73.6 Å². The van der Waals surface area contributed by atoms with Crippen molar-refractivity contribution in [2.45, 2.75) is 6.42 Å². The average molecular weight is 333 g/mol. The van der Waals surface area contributed by atoms with Crippen LogP contribution in [0.2, 0.25) is 0 Å². The second-order valence-electron chi connectivity index (χ2n) is 4.48. The molecule has 3 rings (SSSR count). The lowest BCUT2D eigenvalue weighted by molar-refractivity contribution is 0.0949. The van der Waals surface area contributed by atoms with Gasteiger partial charge in [0, 0.05) is 34.3 Å². The molecule has 3 N–H and O–H groups in total. The van der Waals surface area contributed by atoms with E-state index in [0.717, 1.165) is 16.4 Å². The highest BCUT2D eigenvalue weighted by atomic mass is 79.9. The van der Waals surface area contributed by atoms with Crippen molar-refractivity contribution in [2.24, 2.45) is 0 Å². The predicted molar refractivity (Wildman–Crippen MR) is 80.6 cm³/mol. The number of halogens is 1. The molecule has 20 heavy (non-hydrogen) atoms. The van der Waals surface area contributed by atoms with Crippen LogP contribution in [0.25, 0.3) is 10.9 Å². The number of aromatic amines is 2. The monoisotopic (exact) mass is 332 g/mol. The van der Waals surface area contributed by atoms with Crippen LogP contribution in [-0.2, 0) is 6.42 Å². The summed E-state index contributed by atoms with van der Waals surface area (Å²) in [5, 5.41) is 10.4. The van der Waals surface area contributed by atoms with Crippen molar-refractivity contribution in [3.05, 3.63) is 52.4 Å². The Morgan fingerprint density at radius 2 is 2.25 bits per heavy atom. The van der Waals surface area contributed by atoms with Gasteiger partial charge in [-0.15, -0.1) is 0 Å². The molecular formula is C14H13BrN4O. The number of nitrogens with one attached hydrogen (secondary N) is 3. The molecule has 0 aliphatic carbocycles. The quantitative estimate of drug-likeness (QED) is 0.687. The molecule has 0 aliphatic heterocycles. The third kappa shape index (κ3) is 2.60. The molecule has 0 aliphatic rings. The maximum Gasteiger partial charge on any atom is 0.269 e. The zero-order valence-corrected chi connectivity index (χ0v) is 12.2. The van der Waals surface area contributed by atoms with E-state index in [9.17, 15) is 4.79 Å². The number of hydrogen-bond donors (Lipinski definition) is 3. The van der Waals surface area contributed by atoms with Crippen LogP contribution in [0.4, 0.5) is 0 Å². The molecule has 1 aromatic carbocycles. The molecule has 0 unspecified atom stereocenters. The fourth-order valence-corrected chi connectivity index (χ4v) is 2.51. The van der Waals surface area contributed by atoms with Gasteiger partial charge in [-0.3, -0.25) is 9.89 Å². The van der Waals surface area contributed by atoms with E-state index in [4.69, 9.17) is 0 Å². The number of fused-ring (bicyclic) bond motifs is 1. The molecule has 102 valence electrons. The molecular weight excluding hydrogens is 320 g/mol. The highest BCUT2D eigenvalue weighted by Crippen LogP contribution is 2.22. The van der Waals surface area contributed by atoms with E-state index in [1.807, 2.05) is 18.3 Å². The number of H-pyrrole nitrogens is 2. The minimum atomic E-state index is -0.136. The van der Waals surface area contributed by atoms with Crippen molar-refractivity contribution < 1.29 is 4.79 Å². The Morgan fingerprint density at radius 3 is 3.05 bits per heavy atom. The lowest BCUT2D eigenvalue weighted by Crippen LogP contribution is -2.25. The molecule has 6 heteroatoms. The van der Waals surface area contributed by atoms with Gasteiger partial charge in [0.15, 0.2) is 0 Å². The van der Waals surface area contributed by atoms with Crippen LogP contribution < -0.4 is 5.32 Å². The van der Waals surface area contributed by atoms with E-state index >= 15 is 0 Å². The van der Waals surface area contributed by atoms with Crippen LogP contribution in [0.5, 0.6) is 0 Å². The van der Waals surface area contributed by atoms with Crippen LogP contribution in [0.15, 0.2) is 41.1 Å². The summed E-state index contributed by atoms with van der Waals surface area (Å²) in [5.41, 5.74) is 2.76. The first-order valence-corrected chi connectivity index (χ1v) is 7.06. The van der Waals surface area contributed by atoms with E-state index in [1.54, 1.807) is 12.3 Å². The van der Waals surface area contributed by atoms with Gasteiger partial charge in [-0.25, -0.2) is 0 Å². The molecule has 0 spiro atoms. The molecule has 3 aromatic rings. The summed E-state index contributed by atoms with van der Waals surface area (Å²) in [6.07, 6.45) is 4.32. The Hall–Kier alpha value is -2.08. The summed E-state index contributed by atoms with van der Waals surface area (Å²) in [7, 11) is 0. The predicted octanol–water partition coefficient (Wildman–Crippen LogP) is 2.63. The SMILES string of the molecule is O=C(NCCc1c[nH]c2ccc(Br)cc12)c1ccn[nH]1. The fraction of sp³-hybridized carbons (Fsp3) is 0.143. The highest BCUT2D eigenvalue weighted by molar-refractivity contribution is 9.10. The standard InChI is InChI=1S/C14H13BrN4O/c15-10-1-2-12-11(7-10)9(8-17-12)3-5-16-14(20)13-4-6-18-19-13/h1-2,4,6-8,17H,3,5H2,(H,16,20)(H,18,19). The smallest absolute Gasteiger partial charge is 0.269 e. The van der Waals surface area contributed by atoms with E-state index < -0.39 is 0 Å². The molecule has 0 radical (unpaired) electrons. The van der Waals surface area contributed by atoms with Gasteiger partial charge in [0.2, 0.25) is 0 Å². The number of rotatable bonds is 4. The summed E-state index contributed by atoms with van der Waals surface area (Å²) in [6.45, 7) is 0.581. The molecule has 1 amide bonds. The Labute approximate surface area is 123 Å². The van der Waals surface area contributed by atoms with Gasteiger partial charge < -0.3 is 10.3 Å². The number of carbonyl (C=O) groups excluding carboxylic acids is 1. The van der Waals surface area contributed by atoms with Gasteiger partial charge in [0.25, 0.3) is 5.91 Å². The number of nitrogens with zero attached hydrogens (tertiary/aromatic N) is 1. The Kier molecular flexibility index (Phi) is 3.56. The summed E-state index contributed by atoms with van der Waals surface area (Å²) in [6, 6.07) is 7.77. The second kappa shape index (κ2) is 5.50. The van der Waals surface area contributed by atoms with Gasteiger partial charge >= 0.3 is 0 Å². The zero-order chi connectivity index (χ0) is 13.9. The minimum absolute atomic E-state index is 0.136. The molecule has 0 atom stereocenters. The molecule has 0 saturated heterocycles. The summed E-state index contributed by atoms with van der Waals surface area (Å²) >= 11 is 3.47. The number of benzene rings is 1. The Morgan fingerprint density at radius 1 is 1.35 bits per heavy atom. The maximum atomic E-state index is 11.8. The molecule has 5 nitrogen and oxygen atoms in total. The Bertz CT molecular complexity index is 733. The van der Waals surface area contributed by atoms with Crippen LogP contribution in [0.3, 0.4) is 0 Å². The number of carbonyl (C=O) groups is 1. The molecule has 0 saturated carbocycles. The summed E-state index contributed by atoms with van der Waals surface area (Å²) < 4.78 is 1.05. The van der Waals surface area contributed by atoms with Gasteiger partial charge in [-0.2, -0.15) is 5.10 Å². The molecule has 2 aromatic heterocycles. The average Bonchev–Trinajstić information content (AvgIpc) is 3.08. The fourth-order valence-electron chi connectivity index (χ4n) is 2.15. The molecule has 2 heterocycles. The van der Waals surface area contributed by atoms with Crippen molar-refractivity contribution in [1.82, 2.24) is 20.5 Å². The van der Waals surface area contributed by atoms with Gasteiger partial charge in [-0.1, -0.05) is 15.9 Å². The van der Waals surface area contributed by atoms with E-state index in [2.05, 4.69) is 42.5 Å². The first-order chi connectivity index (χ1) is 9.74. The van der Waals surface area contributed by atoms with E-state index in [1.165, 1.54) is 10.9 Å². The van der Waals surface area contributed by atoms with Crippen LogP contribution in [0.1, 0.15) is 16.1 Å². The van der Waals surface area contributed by atoms with Crippen LogP contribution >= 0.6 is 15.9 Å². The first kappa shape index (κ1) is 12.9. The Balaban J connectivity index is 1.65. The minimum Gasteiger partial charge on any atom is -0.361 e. The summed E-state index contributed by atoms with van der Waals surface area (Å²) in [4.78, 5) is 15.0. The van der Waals surface area contributed by atoms with Crippen molar-refractivity contribution in [1.29, 1.82) is 0 Å². The third-order valence-corrected chi connectivity index (χ3v) is 3.65. The van der Waals surface area contributed by atoms with Crippen molar-refractivity contribution in [3.8, 4) is 0 Å². The van der Waals surface area contributed by atoms with Gasteiger partial charge in [0.05, 0.1) is 0 Å². The van der Waals surface area contributed by atoms with Crippen molar-refractivity contribution >= 4 is 32.7 Å². The van der Waals surface area contributed by atoms with Crippen LogP contribution in [-0.4, -0.2) is 27.6 Å². The number of amides is 1. The zero-order valence-electron chi connectivity index (χ0n) is 10.6. The van der Waals surface area contributed by atoms with E-state index in [-0.39, 0.29) is 5.91 Å². The lowest BCUT2D eigenvalue weighted by atomic mass is 10.1. The van der Waals surface area contributed by atoms with Gasteiger partial charge in [-0.05, 0) is 36.2 Å². The largest absolute Gasteiger partial charge is 0.361 e. The third-order valence-electron chi connectivity index (χ3n) is 3.15. The lowest BCUT2D eigenvalue weighted by Gasteiger charge is -2.03. The normalized spacial score (nSPS) is 10.8. The number of hydrogen-bond acceptors (Lipinski definition) is 2. The molecule has 0 bridgehead atoms. The summed E-state index contributed by atoms with van der Waals surface area (Å²) in [5.74, 6) is -0.136. The highest BCUT2D eigenvalue weighted by Gasteiger charge is 2.07. The van der Waals surface area contributed by atoms with E-state index in [0.29, 0.717) is 12.2 Å². The second-order valence-corrected chi connectivity index (χ2v) is 5.40. The first-order valence-electron chi connectivity index (χ1n) is 6.27. The van der Waals surface area contributed by atoms with Crippen LogP contribution in [0, 0.1) is 0 Å². The van der Waals surface area contributed by atoms with Crippen molar-refractivity contribution in [3.63, 3.8) is 0 Å². The number of aromatic nitrogens is 3. The van der Waals surface area contributed by atoms with Gasteiger partial charge in [0.1, 0.15) is 5.69 Å². The maximum absolute atomic E-state index is 11.8. The van der Waals surface area contributed by atoms with Crippen molar-refractivity contribution in [2.75, 3.05) is 6.54 Å². The molecule has 0 fully saturated rings.